The minimum atomic E-state index is -3.78. The van der Waals surface area contributed by atoms with Crippen molar-refractivity contribution in [3.8, 4) is 5.75 Å². The highest BCUT2D eigenvalue weighted by molar-refractivity contribution is 7.92. The molecule has 0 unspecified atom stereocenters. The molecular formula is C28H31NO4S. The zero-order valence-electron chi connectivity index (χ0n) is 20.1. The van der Waals surface area contributed by atoms with E-state index >= 15 is 0 Å². The molecule has 0 saturated carbocycles. The molecule has 1 atom stereocenters. The number of sulfonamides is 1. The zero-order chi connectivity index (χ0) is 24.1. The first-order valence-corrected chi connectivity index (χ1v) is 13.3. The van der Waals surface area contributed by atoms with Crippen molar-refractivity contribution >= 4 is 37.5 Å². The van der Waals surface area contributed by atoms with Crippen molar-refractivity contribution in [2.75, 3.05) is 11.8 Å². The third kappa shape index (κ3) is 3.84. The Morgan fingerprint density at radius 3 is 2.44 bits per heavy atom. The summed E-state index contributed by atoms with van der Waals surface area (Å²) in [5, 5.41) is 2.76. The maximum absolute atomic E-state index is 13.3. The molecule has 5 nitrogen and oxygen atoms in total. The van der Waals surface area contributed by atoms with Gasteiger partial charge in [0.25, 0.3) is 10.0 Å². The van der Waals surface area contributed by atoms with Crippen LogP contribution >= 0.6 is 0 Å². The lowest BCUT2D eigenvalue weighted by atomic mass is 9.69. The number of rotatable bonds is 6. The summed E-state index contributed by atoms with van der Waals surface area (Å²) in [5.41, 5.74) is 2.89. The van der Waals surface area contributed by atoms with Crippen molar-refractivity contribution in [3.63, 3.8) is 0 Å². The highest BCUT2D eigenvalue weighted by Crippen LogP contribution is 2.45. The lowest BCUT2D eigenvalue weighted by Gasteiger charge is -2.36. The molecule has 0 saturated heterocycles. The molecule has 34 heavy (non-hydrogen) atoms. The van der Waals surface area contributed by atoms with E-state index in [9.17, 15) is 8.42 Å². The number of hydrogen-bond acceptors (Lipinski definition) is 4. The SMILES string of the molecule is CCC(C)(C)[C@@H]1CCc2oc3c(cc(NS(=O)(=O)c4ccc(OC)cc4)c4ccccc43)c2C1. The molecule has 3 aromatic carbocycles. The van der Waals surface area contributed by atoms with Gasteiger partial charge in [-0.2, -0.15) is 0 Å². The van der Waals surface area contributed by atoms with Crippen molar-refractivity contribution in [2.24, 2.45) is 11.3 Å². The Balaban J connectivity index is 1.63. The van der Waals surface area contributed by atoms with Crippen LogP contribution in [0.5, 0.6) is 5.75 Å². The fourth-order valence-electron chi connectivity index (χ4n) is 5.10. The Bertz CT molecular complexity index is 1470. The number of ether oxygens (including phenoxy) is 1. The quantitative estimate of drug-likeness (QED) is 0.327. The lowest BCUT2D eigenvalue weighted by Crippen LogP contribution is -2.28. The van der Waals surface area contributed by atoms with Crippen LogP contribution in [0.4, 0.5) is 5.69 Å². The van der Waals surface area contributed by atoms with Crippen LogP contribution in [0.3, 0.4) is 0 Å². The highest BCUT2D eigenvalue weighted by atomic mass is 32.2. The number of fused-ring (bicyclic) bond motifs is 5. The zero-order valence-corrected chi connectivity index (χ0v) is 21.0. The van der Waals surface area contributed by atoms with Crippen LogP contribution in [0.15, 0.2) is 63.9 Å². The van der Waals surface area contributed by atoms with Gasteiger partial charge in [0.1, 0.15) is 17.1 Å². The Hall–Kier alpha value is -2.99. The first-order chi connectivity index (χ1) is 16.2. The molecule has 1 N–H and O–H groups in total. The van der Waals surface area contributed by atoms with Crippen molar-refractivity contribution in [3.05, 3.63) is 65.9 Å². The maximum Gasteiger partial charge on any atom is 0.261 e. The Morgan fingerprint density at radius 1 is 1.06 bits per heavy atom. The Kier molecular flexibility index (Phi) is 5.59. The van der Waals surface area contributed by atoms with E-state index in [2.05, 4.69) is 25.5 Å². The van der Waals surface area contributed by atoms with E-state index in [4.69, 9.17) is 9.15 Å². The van der Waals surface area contributed by atoms with E-state index in [1.165, 1.54) is 5.56 Å². The van der Waals surface area contributed by atoms with Gasteiger partial charge >= 0.3 is 0 Å². The smallest absolute Gasteiger partial charge is 0.261 e. The van der Waals surface area contributed by atoms with Gasteiger partial charge in [-0.15, -0.1) is 0 Å². The van der Waals surface area contributed by atoms with Crippen LogP contribution in [0, 0.1) is 11.3 Å². The molecule has 0 spiro atoms. The maximum atomic E-state index is 13.3. The second-order valence-corrected chi connectivity index (χ2v) is 11.6. The first-order valence-electron chi connectivity index (χ1n) is 11.9. The van der Waals surface area contributed by atoms with Gasteiger partial charge in [-0.05, 0) is 54.5 Å². The van der Waals surface area contributed by atoms with Crippen molar-refractivity contribution < 1.29 is 17.6 Å². The molecule has 4 aromatic rings. The van der Waals surface area contributed by atoms with Gasteiger partial charge in [0.15, 0.2) is 0 Å². The molecule has 1 heterocycles. The largest absolute Gasteiger partial charge is 0.497 e. The molecule has 1 aliphatic rings. The molecule has 0 fully saturated rings. The molecule has 5 rings (SSSR count). The number of anilines is 1. The number of furan rings is 1. The molecule has 0 aliphatic heterocycles. The number of nitrogens with one attached hydrogen (secondary N) is 1. The second-order valence-electron chi connectivity index (χ2n) is 9.91. The molecule has 1 aromatic heterocycles. The second kappa shape index (κ2) is 8.35. The van der Waals surface area contributed by atoms with Crippen molar-refractivity contribution in [1.82, 2.24) is 0 Å². The first kappa shape index (κ1) is 22.8. The predicted octanol–water partition coefficient (Wildman–Crippen LogP) is 6.94. The summed E-state index contributed by atoms with van der Waals surface area (Å²) in [6, 6.07) is 16.2. The lowest BCUT2D eigenvalue weighted by molar-refractivity contribution is 0.179. The van der Waals surface area contributed by atoms with E-state index in [1.54, 1.807) is 31.4 Å². The van der Waals surface area contributed by atoms with Crippen LogP contribution in [-0.2, 0) is 22.9 Å². The Morgan fingerprint density at radius 2 is 1.76 bits per heavy atom. The fourth-order valence-corrected chi connectivity index (χ4v) is 6.17. The van der Waals surface area contributed by atoms with E-state index in [0.717, 1.165) is 53.2 Å². The molecular weight excluding hydrogens is 446 g/mol. The third-order valence-electron chi connectivity index (χ3n) is 7.68. The number of benzene rings is 3. The summed E-state index contributed by atoms with van der Waals surface area (Å²) >= 11 is 0. The summed E-state index contributed by atoms with van der Waals surface area (Å²) in [6.07, 6.45) is 4.10. The van der Waals surface area contributed by atoms with Gasteiger partial charge in [-0.25, -0.2) is 8.42 Å². The van der Waals surface area contributed by atoms with Crippen LogP contribution in [0.25, 0.3) is 21.7 Å². The molecule has 0 radical (unpaired) electrons. The molecule has 0 bridgehead atoms. The van der Waals surface area contributed by atoms with Gasteiger partial charge in [-0.3, -0.25) is 4.72 Å². The summed E-state index contributed by atoms with van der Waals surface area (Å²) in [6.45, 7) is 6.94. The standard InChI is InChI=1S/C28H31NO4S/c1-5-28(2,3)18-10-15-26-23(16-18)24-17-25(21-8-6-7-9-22(21)27(24)33-26)29-34(30,31)20-13-11-19(32-4)12-14-20/h6-9,11-14,17-18,29H,5,10,15-16H2,1-4H3/t18-/m1/s1. The summed E-state index contributed by atoms with van der Waals surface area (Å²) in [5.74, 6) is 2.22. The van der Waals surface area contributed by atoms with Gasteiger partial charge in [0, 0.05) is 28.1 Å². The van der Waals surface area contributed by atoms with Crippen LogP contribution < -0.4 is 9.46 Å². The van der Waals surface area contributed by atoms with Crippen LogP contribution in [-0.4, -0.2) is 15.5 Å². The van der Waals surface area contributed by atoms with E-state index in [1.807, 2.05) is 30.3 Å². The average Bonchev–Trinajstić information content (AvgIpc) is 3.22. The van der Waals surface area contributed by atoms with Gasteiger partial charge < -0.3 is 9.15 Å². The summed E-state index contributed by atoms with van der Waals surface area (Å²) < 4.78 is 40.9. The molecule has 178 valence electrons. The van der Waals surface area contributed by atoms with Gasteiger partial charge in [0.2, 0.25) is 0 Å². The molecule has 1 aliphatic carbocycles. The van der Waals surface area contributed by atoms with Crippen LogP contribution in [0.2, 0.25) is 0 Å². The molecule has 0 amide bonds. The monoisotopic (exact) mass is 477 g/mol. The van der Waals surface area contributed by atoms with Crippen molar-refractivity contribution in [2.45, 2.75) is 51.3 Å². The summed E-state index contributed by atoms with van der Waals surface area (Å²) in [7, 11) is -2.22. The van der Waals surface area contributed by atoms with Gasteiger partial charge in [-0.1, -0.05) is 51.5 Å². The minimum absolute atomic E-state index is 0.191. The van der Waals surface area contributed by atoms with Gasteiger partial charge in [0.05, 0.1) is 17.7 Å². The number of aryl methyl sites for hydroxylation is 1. The topological polar surface area (TPSA) is 68.5 Å². The minimum Gasteiger partial charge on any atom is -0.497 e. The summed E-state index contributed by atoms with van der Waals surface area (Å²) in [4.78, 5) is 0.191. The average molecular weight is 478 g/mol. The predicted molar refractivity (Wildman–Crippen MR) is 137 cm³/mol. The Labute approximate surface area is 201 Å². The van der Waals surface area contributed by atoms with E-state index < -0.39 is 10.0 Å². The van der Waals surface area contributed by atoms with E-state index in [0.29, 0.717) is 17.4 Å². The number of hydrogen-bond donors (Lipinski definition) is 1. The van der Waals surface area contributed by atoms with E-state index in [-0.39, 0.29) is 10.3 Å². The molecule has 6 heteroatoms. The highest BCUT2D eigenvalue weighted by Gasteiger charge is 2.34. The van der Waals surface area contributed by atoms with Crippen LogP contribution in [0.1, 0.15) is 44.9 Å². The number of methoxy groups -OCH3 is 1. The third-order valence-corrected chi connectivity index (χ3v) is 9.06. The van der Waals surface area contributed by atoms with Crippen molar-refractivity contribution in [1.29, 1.82) is 0 Å². The normalized spacial score (nSPS) is 16.5. The fraction of sp³-hybridized carbons (Fsp3) is 0.357.